The summed E-state index contributed by atoms with van der Waals surface area (Å²) < 4.78 is 13.3. The predicted octanol–water partition coefficient (Wildman–Crippen LogP) is 1.20. The van der Waals surface area contributed by atoms with Crippen LogP contribution in [-0.4, -0.2) is 56.4 Å². The molecule has 0 aromatic carbocycles. The van der Waals surface area contributed by atoms with Crippen molar-refractivity contribution < 1.29 is 14.3 Å². The van der Waals surface area contributed by atoms with Crippen molar-refractivity contribution >= 4 is 5.91 Å². The van der Waals surface area contributed by atoms with E-state index in [2.05, 4.69) is 15.1 Å². The molecule has 0 saturated carbocycles. The number of fused-ring (bicyclic) bond motifs is 1. The minimum Gasteiger partial charge on any atom is -0.456 e. The zero-order chi connectivity index (χ0) is 17.9. The Morgan fingerprint density at radius 3 is 2.88 bits per heavy atom. The van der Waals surface area contributed by atoms with Gasteiger partial charge in [-0.3, -0.25) is 9.48 Å². The molecule has 1 saturated heterocycles. The minimum absolute atomic E-state index is 0.0223. The number of carbonyl (C=O) groups is 1. The first kappa shape index (κ1) is 17.0. The fourth-order valence-electron chi connectivity index (χ4n) is 3.49. The summed E-state index contributed by atoms with van der Waals surface area (Å²) in [5.74, 6) is 0.191. The second kappa shape index (κ2) is 7.41. The van der Waals surface area contributed by atoms with Crippen LogP contribution in [0.25, 0.3) is 0 Å². The SMILES string of the molecule is Cc1ccnc(O[C@H]2CN(C(=O)C3CCOCC3)Cc3ccnn3C2)n1. The van der Waals surface area contributed by atoms with Crippen LogP contribution >= 0.6 is 0 Å². The highest BCUT2D eigenvalue weighted by Crippen LogP contribution is 2.22. The molecule has 0 bridgehead atoms. The minimum atomic E-state index is -0.248. The molecule has 0 radical (unpaired) electrons. The maximum absolute atomic E-state index is 13.0. The molecular weight excluding hydrogens is 334 g/mol. The van der Waals surface area contributed by atoms with Crippen molar-refractivity contribution in [1.29, 1.82) is 0 Å². The van der Waals surface area contributed by atoms with Gasteiger partial charge >= 0.3 is 6.01 Å². The second-order valence-corrected chi connectivity index (χ2v) is 6.83. The molecule has 0 aliphatic carbocycles. The Kier molecular flexibility index (Phi) is 4.83. The Labute approximate surface area is 152 Å². The molecule has 2 aliphatic heterocycles. The summed E-state index contributed by atoms with van der Waals surface area (Å²) in [5.41, 5.74) is 1.86. The van der Waals surface area contributed by atoms with Crippen molar-refractivity contribution in [2.45, 2.75) is 39.0 Å². The molecular formula is C18H23N5O3. The van der Waals surface area contributed by atoms with E-state index in [1.54, 1.807) is 12.4 Å². The number of hydrogen-bond acceptors (Lipinski definition) is 6. The number of rotatable bonds is 3. The van der Waals surface area contributed by atoms with Gasteiger partial charge in [0.25, 0.3) is 0 Å². The Hall–Kier alpha value is -2.48. The third-order valence-electron chi connectivity index (χ3n) is 4.88. The van der Waals surface area contributed by atoms with Crippen LogP contribution in [0.1, 0.15) is 24.2 Å². The number of aryl methyl sites for hydroxylation is 1. The number of ether oxygens (including phenoxy) is 2. The summed E-state index contributed by atoms with van der Waals surface area (Å²) in [4.78, 5) is 23.4. The van der Waals surface area contributed by atoms with Gasteiger partial charge in [0.2, 0.25) is 5.91 Å². The summed E-state index contributed by atoms with van der Waals surface area (Å²) in [5, 5.41) is 4.37. The van der Waals surface area contributed by atoms with Gasteiger partial charge in [0.1, 0.15) is 6.10 Å². The van der Waals surface area contributed by atoms with Gasteiger partial charge in [-0.1, -0.05) is 0 Å². The van der Waals surface area contributed by atoms with Gasteiger partial charge in [0.05, 0.1) is 25.3 Å². The van der Waals surface area contributed by atoms with Gasteiger partial charge in [-0.2, -0.15) is 5.10 Å². The molecule has 1 atom stereocenters. The standard InChI is InChI=1S/C18H23N5O3/c1-13-2-6-19-18(21-13)26-16-11-22(10-15-3-7-20-23(15)12-16)17(24)14-4-8-25-9-5-14/h2-3,6-7,14,16H,4-5,8-12H2,1H3/t16-/m0/s1. The number of aromatic nitrogens is 4. The summed E-state index contributed by atoms with van der Waals surface area (Å²) in [6.07, 6.45) is 4.75. The van der Waals surface area contributed by atoms with Crippen LogP contribution in [0.4, 0.5) is 0 Å². The quantitative estimate of drug-likeness (QED) is 0.821. The number of hydrogen-bond donors (Lipinski definition) is 0. The molecule has 0 N–H and O–H groups in total. The molecule has 138 valence electrons. The average Bonchev–Trinajstić information content (AvgIpc) is 3.00. The Bertz CT molecular complexity index is 772. The first-order valence-electron chi connectivity index (χ1n) is 9.02. The van der Waals surface area contributed by atoms with Crippen LogP contribution in [0.15, 0.2) is 24.5 Å². The van der Waals surface area contributed by atoms with Crippen molar-refractivity contribution in [3.8, 4) is 6.01 Å². The van der Waals surface area contributed by atoms with Gasteiger partial charge in [0, 0.05) is 37.2 Å². The Morgan fingerprint density at radius 1 is 1.23 bits per heavy atom. The molecule has 0 unspecified atom stereocenters. The van der Waals surface area contributed by atoms with Crippen LogP contribution in [0.2, 0.25) is 0 Å². The molecule has 2 aromatic heterocycles. The average molecular weight is 357 g/mol. The number of amides is 1. The van der Waals surface area contributed by atoms with Crippen LogP contribution in [-0.2, 0) is 22.6 Å². The zero-order valence-corrected chi connectivity index (χ0v) is 14.9. The monoisotopic (exact) mass is 357 g/mol. The van der Waals surface area contributed by atoms with Crippen molar-refractivity contribution in [2.75, 3.05) is 19.8 Å². The van der Waals surface area contributed by atoms with E-state index in [0.717, 1.165) is 24.2 Å². The number of carbonyl (C=O) groups excluding carboxylic acids is 1. The van der Waals surface area contributed by atoms with E-state index in [0.29, 0.717) is 38.9 Å². The summed E-state index contributed by atoms with van der Waals surface area (Å²) >= 11 is 0. The maximum Gasteiger partial charge on any atom is 0.316 e. The van der Waals surface area contributed by atoms with Crippen molar-refractivity contribution in [2.24, 2.45) is 5.92 Å². The highest BCUT2D eigenvalue weighted by atomic mass is 16.5. The van der Waals surface area contributed by atoms with Crippen molar-refractivity contribution in [3.63, 3.8) is 0 Å². The van der Waals surface area contributed by atoms with Gasteiger partial charge < -0.3 is 14.4 Å². The molecule has 1 fully saturated rings. The van der Waals surface area contributed by atoms with E-state index in [9.17, 15) is 4.79 Å². The van der Waals surface area contributed by atoms with Crippen molar-refractivity contribution in [3.05, 3.63) is 35.9 Å². The predicted molar refractivity (Wildman–Crippen MR) is 92.4 cm³/mol. The normalized spacial score (nSPS) is 21.1. The van der Waals surface area contributed by atoms with E-state index in [1.165, 1.54) is 0 Å². The second-order valence-electron chi connectivity index (χ2n) is 6.83. The Balaban J connectivity index is 1.54. The van der Waals surface area contributed by atoms with Crippen LogP contribution in [0.3, 0.4) is 0 Å². The van der Waals surface area contributed by atoms with E-state index in [4.69, 9.17) is 9.47 Å². The lowest BCUT2D eigenvalue weighted by Gasteiger charge is -2.29. The summed E-state index contributed by atoms with van der Waals surface area (Å²) in [6.45, 7) is 4.81. The highest BCUT2D eigenvalue weighted by Gasteiger charge is 2.32. The molecule has 2 aliphatic rings. The van der Waals surface area contributed by atoms with Crippen molar-refractivity contribution in [1.82, 2.24) is 24.6 Å². The van der Waals surface area contributed by atoms with Gasteiger partial charge in [-0.05, 0) is 31.9 Å². The van der Waals surface area contributed by atoms with Crippen LogP contribution < -0.4 is 4.74 Å². The lowest BCUT2D eigenvalue weighted by molar-refractivity contribution is -0.140. The van der Waals surface area contributed by atoms with Gasteiger partial charge in [-0.15, -0.1) is 0 Å². The maximum atomic E-state index is 13.0. The molecule has 26 heavy (non-hydrogen) atoms. The van der Waals surface area contributed by atoms with Crippen LogP contribution in [0, 0.1) is 12.8 Å². The van der Waals surface area contributed by atoms with E-state index in [1.807, 2.05) is 28.6 Å². The highest BCUT2D eigenvalue weighted by molar-refractivity contribution is 5.79. The topological polar surface area (TPSA) is 82.4 Å². The van der Waals surface area contributed by atoms with Gasteiger partial charge in [0.15, 0.2) is 0 Å². The molecule has 4 rings (SSSR count). The Morgan fingerprint density at radius 2 is 2.08 bits per heavy atom. The molecule has 0 spiro atoms. The molecule has 2 aromatic rings. The summed E-state index contributed by atoms with van der Waals surface area (Å²) in [6, 6.07) is 4.12. The third kappa shape index (κ3) is 3.70. The van der Waals surface area contributed by atoms with E-state index >= 15 is 0 Å². The fraction of sp³-hybridized carbons (Fsp3) is 0.556. The van der Waals surface area contributed by atoms with Gasteiger partial charge in [-0.25, -0.2) is 9.97 Å². The summed E-state index contributed by atoms with van der Waals surface area (Å²) in [7, 11) is 0. The molecule has 1 amide bonds. The smallest absolute Gasteiger partial charge is 0.316 e. The third-order valence-corrected chi connectivity index (χ3v) is 4.88. The molecule has 8 heteroatoms. The van der Waals surface area contributed by atoms with E-state index < -0.39 is 0 Å². The first-order valence-corrected chi connectivity index (χ1v) is 9.02. The molecule has 8 nitrogen and oxygen atoms in total. The lowest BCUT2D eigenvalue weighted by Crippen LogP contribution is -2.43. The number of nitrogens with zero attached hydrogens (tertiary/aromatic N) is 5. The zero-order valence-electron chi connectivity index (χ0n) is 14.9. The lowest BCUT2D eigenvalue weighted by atomic mass is 9.98. The first-order chi connectivity index (χ1) is 12.7. The van der Waals surface area contributed by atoms with E-state index in [-0.39, 0.29) is 17.9 Å². The molecule has 4 heterocycles. The largest absolute Gasteiger partial charge is 0.456 e. The fourth-order valence-corrected chi connectivity index (χ4v) is 3.49. The van der Waals surface area contributed by atoms with Crippen LogP contribution in [0.5, 0.6) is 6.01 Å².